The topological polar surface area (TPSA) is 45.8 Å². The predicted molar refractivity (Wildman–Crippen MR) is 55.6 cm³/mol. The SMILES string of the molecule is CCc1cc2[nH]c(C)c(C=O)c2cn1. The van der Waals surface area contributed by atoms with E-state index in [0.29, 0.717) is 0 Å². The second kappa shape index (κ2) is 3.25. The Bertz CT molecular complexity index is 485. The van der Waals surface area contributed by atoms with Gasteiger partial charge in [-0.3, -0.25) is 9.78 Å². The lowest BCUT2D eigenvalue weighted by atomic mass is 10.2. The average Bonchev–Trinajstić information content (AvgIpc) is 2.51. The molecule has 72 valence electrons. The lowest BCUT2D eigenvalue weighted by molar-refractivity contribution is 0.112. The lowest BCUT2D eigenvalue weighted by Crippen LogP contribution is -1.86. The molecule has 1 N–H and O–H groups in total. The molecule has 0 fully saturated rings. The molecule has 2 aromatic rings. The fourth-order valence-electron chi connectivity index (χ4n) is 1.63. The summed E-state index contributed by atoms with van der Waals surface area (Å²) in [6.07, 6.45) is 3.55. The summed E-state index contributed by atoms with van der Waals surface area (Å²) in [4.78, 5) is 18.3. The molecule has 3 nitrogen and oxygen atoms in total. The number of hydrogen-bond donors (Lipinski definition) is 1. The van der Waals surface area contributed by atoms with E-state index < -0.39 is 0 Å². The van der Waals surface area contributed by atoms with Crippen LogP contribution in [0.15, 0.2) is 12.3 Å². The summed E-state index contributed by atoms with van der Waals surface area (Å²) < 4.78 is 0. The van der Waals surface area contributed by atoms with Crippen molar-refractivity contribution in [3.63, 3.8) is 0 Å². The van der Waals surface area contributed by atoms with Gasteiger partial charge in [-0.1, -0.05) is 6.92 Å². The zero-order valence-corrected chi connectivity index (χ0v) is 8.29. The molecule has 0 spiro atoms. The van der Waals surface area contributed by atoms with Gasteiger partial charge in [0.1, 0.15) is 0 Å². The highest BCUT2D eigenvalue weighted by molar-refractivity contribution is 5.98. The van der Waals surface area contributed by atoms with Crippen molar-refractivity contribution in [2.45, 2.75) is 20.3 Å². The van der Waals surface area contributed by atoms with Crippen molar-refractivity contribution in [3.05, 3.63) is 29.2 Å². The summed E-state index contributed by atoms with van der Waals surface area (Å²) in [7, 11) is 0. The fourth-order valence-corrected chi connectivity index (χ4v) is 1.63. The molecule has 2 aromatic heterocycles. The second-order valence-corrected chi connectivity index (χ2v) is 3.36. The molecule has 0 unspecified atom stereocenters. The standard InChI is InChI=1S/C11H12N2O/c1-3-8-4-11-9(5-12-8)10(6-14)7(2)13-11/h4-6,13H,3H2,1-2H3. The average molecular weight is 188 g/mol. The van der Waals surface area contributed by atoms with E-state index in [1.807, 2.05) is 13.0 Å². The van der Waals surface area contributed by atoms with Crippen LogP contribution in [0, 0.1) is 6.92 Å². The number of carbonyl (C=O) groups excluding carboxylic acids is 1. The van der Waals surface area contributed by atoms with Crippen LogP contribution in [0.5, 0.6) is 0 Å². The van der Waals surface area contributed by atoms with Gasteiger partial charge in [-0.05, 0) is 19.4 Å². The van der Waals surface area contributed by atoms with Crippen molar-refractivity contribution in [1.29, 1.82) is 0 Å². The highest BCUT2D eigenvalue weighted by Crippen LogP contribution is 2.20. The molecule has 14 heavy (non-hydrogen) atoms. The van der Waals surface area contributed by atoms with Crippen molar-refractivity contribution in [1.82, 2.24) is 9.97 Å². The molecule has 2 heterocycles. The molecule has 0 radical (unpaired) electrons. The maximum absolute atomic E-state index is 10.8. The fraction of sp³-hybridized carbons (Fsp3) is 0.273. The summed E-state index contributed by atoms with van der Waals surface area (Å²) in [5, 5.41) is 0.912. The zero-order valence-electron chi connectivity index (χ0n) is 8.29. The minimum absolute atomic E-state index is 0.718. The smallest absolute Gasteiger partial charge is 0.152 e. The molecule has 0 saturated carbocycles. The maximum atomic E-state index is 10.8. The molecule has 0 saturated heterocycles. The molecule has 0 aromatic carbocycles. The maximum Gasteiger partial charge on any atom is 0.152 e. The highest BCUT2D eigenvalue weighted by atomic mass is 16.1. The number of nitrogens with zero attached hydrogens (tertiary/aromatic N) is 1. The number of fused-ring (bicyclic) bond motifs is 1. The molecule has 0 bridgehead atoms. The van der Waals surface area contributed by atoms with E-state index in [-0.39, 0.29) is 0 Å². The van der Waals surface area contributed by atoms with E-state index in [1.54, 1.807) is 6.20 Å². The third-order valence-electron chi connectivity index (χ3n) is 2.46. The van der Waals surface area contributed by atoms with E-state index in [0.717, 1.165) is 40.6 Å². The van der Waals surface area contributed by atoms with Crippen molar-refractivity contribution < 1.29 is 4.79 Å². The Morgan fingerprint density at radius 1 is 1.57 bits per heavy atom. The third kappa shape index (κ3) is 1.21. The molecule has 0 aliphatic rings. The van der Waals surface area contributed by atoms with Crippen LogP contribution < -0.4 is 0 Å². The van der Waals surface area contributed by atoms with E-state index in [4.69, 9.17) is 0 Å². The minimum atomic E-state index is 0.718. The molecule has 0 atom stereocenters. The largest absolute Gasteiger partial charge is 0.358 e. The first-order valence-electron chi connectivity index (χ1n) is 4.68. The van der Waals surface area contributed by atoms with Crippen LogP contribution in [0.25, 0.3) is 10.9 Å². The Kier molecular flexibility index (Phi) is 2.08. The molecule has 0 aliphatic heterocycles. The number of nitrogens with one attached hydrogen (secondary N) is 1. The van der Waals surface area contributed by atoms with Gasteiger partial charge in [0, 0.05) is 34.1 Å². The molecule has 0 amide bonds. The van der Waals surface area contributed by atoms with Crippen molar-refractivity contribution in [2.24, 2.45) is 0 Å². The van der Waals surface area contributed by atoms with Gasteiger partial charge in [-0.15, -0.1) is 0 Å². The van der Waals surface area contributed by atoms with Gasteiger partial charge in [0.15, 0.2) is 6.29 Å². The van der Waals surface area contributed by atoms with Crippen LogP contribution in [0.2, 0.25) is 0 Å². The van der Waals surface area contributed by atoms with Crippen LogP contribution in [0.3, 0.4) is 0 Å². The molecule has 2 rings (SSSR count). The number of aromatic nitrogens is 2. The highest BCUT2D eigenvalue weighted by Gasteiger charge is 2.07. The number of rotatable bonds is 2. The van der Waals surface area contributed by atoms with Gasteiger partial charge in [-0.2, -0.15) is 0 Å². The predicted octanol–water partition coefficient (Wildman–Crippen LogP) is 2.25. The van der Waals surface area contributed by atoms with Gasteiger partial charge in [0.2, 0.25) is 0 Å². The van der Waals surface area contributed by atoms with Crippen LogP contribution >= 0.6 is 0 Å². The summed E-state index contributed by atoms with van der Waals surface area (Å²) in [5.74, 6) is 0. The number of carbonyl (C=O) groups is 1. The number of H-pyrrole nitrogens is 1. The zero-order chi connectivity index (χ0) is 10.1. The lowest BCUT2D eigenvalue weighted by Gasteiger charge is -1.95. The number of aromatic amines is 1. The Morgan fingerprint density at radius 3 is 3.00 bits per heavy atom. The molecule has 0 aliphatic carbocycles. The van der Waals surface area contributed by atoms with Crippen LogP contribution in [0.1, 0.15) is 28.7 Å². The summed E-state index contributed by atoms with van der Waals surface area (Å²) in [6, 6.07) is 2.00. The Hall–Kier alpha value is -1.64. The van der Waals surface area contributed by atoms with Crippen molar-refractivity contribution in [2.75, 3.05) is 0 Å². The minimum Gasteiger partial charge on any atom is -0.358 e. The Labute approximate surface area is 82.2 Å². The van der Waals surface area contributed by atoms with Gasteiger partial charge in [-0.25, -0.2) is 0 Å². The summed E-state index contributed by atoms with van der Waals surface area (Å²) in [6.45, 7) is 3.96. The quantitative estimate of drug-likeness (QED) is 0.734. The normalized spacial score (nSPS) is 10.7. The first-order chi connectivity index (χ1) is 6.76. The Morgan fingerprint density at radius 2 is 2.36 bits per heavy atom. The number of aldehydes is 1. The number of pyridine rings is 1. The van der Waals surface area contributed by atoms with Gasteiger partial charge in [0.25, 0.3) is 0 Å². The summed E-state index contributed by atoms with van der Waals surface area (Å²) in [5.41, 5.74) is 3.66. The first kappa shape index (κ1) is 8.94. The van der Waals surface area contributed by atoms with E-state index >= 15 is 0 Å². The van der Waals surface area contributed by atoms with Gasteiger partial charge < -0.3 is 4.98 Å². The first-order valence-corrected chi connectivity index (χ1v) is 4.68. The van der Waals surface area contributed by atoms with Crippen molar-refractivity contribution in [3.8, 4) is 0 Å². The monoisotopic (exact) mass is 188 g/mol. The van der Waals surface area contributed by atoms with E-state index in [2.05, 4.69) is 16.9 Å². The summed E-state index contributed by atoms with van der Waals surface area (Å²) >= 11 is 0. The second-order valence-electron chi connectivity index (χ2n) is 3.36. The van der Waals surface area contributed by atoms with Crippen molar-refractivity contribution >= 4 is 17.2 Å². The number of aryl methyl sites for hydroxylation is 2. The molecule has 3 heteroatoms. The van der Waals surface area contributed by atoms with E-state index in [9.17, 15) is 4.79 Å². The van der Waals surface area contributed by atoms with E-state index in [1.165, 1.54) is 0 Å². The van der Waals surface area contributed by atoms with Gasteiger partial charge >= 0.3 is 0 Å². The third-order valence-corrected chi connectivity index (χ3v) is 2.46. The van der Waals surface area contributed by atoms with Crippen LogP contribution in [0.4, 0.5) is 0 Å². The van der Waals surface area contributed by atoms with Crippen LogP contribution in [-0.2, 0) is 6.42 Å². The number of hydrogen-bond acceptors (Lipinski definition) is 2. The van der Waals surface area contributed by atoms with Crippen LogP contribution in [-0.4, -0.2) is 16.3 Å². The Balaban J connectivity index is 2.74. The molecular formula is C11H12N2O. The van der Waals surface area contributed by atoms with Gasteiger partial charge in [0.05, 0.1) is 0 Å². The molecular weight excluding hydrogens is 176 g/mol.